The lowest BCUT2D eigenvalue weighted by molar-refractivity contribution is -0.117. The van der Waals surface area contributed by atoms with Crippen LogP contribution in [0.3, 0.4) is 0 Å². The number of amides is 2. The summed E-state index contributed by atoms with van der Waals surface area (Å²) in [5, 5.41) is 5.50. The highest BCUT2D eigenvalue weighted by Gasteiger charge is 2.29. The zero-order valence-electron chi connectivity index (χ0n) is 18.1. The predicted octanol–water partition coefficient (Wildman–Crippen LogP) is 6.39. The number of hydrogen-bond acceptors (Lipinski definition) is 5. The third-order valence-corrected chi connectivity index (χ3v) is 5.52. The van der Waals surface area contributed by atoms with Crippen LogP contribution < -0.4 is 10.6 Å². The molecule has 0 unspecified atom stereocenters. The average Bonchev–Trinajstić information content (AvgIpc) is 3.65. The number of anilines is 2. The van der Waals surface area contributed by atoms with Crippen LogP contribution in [0.15, 0.2) is 55.0 Å². The summed E-state index contributed by atoms with van der Waals surface area (Å²) in [4.78, 5) is 32.7. The molecule has 2 amide bonds. The fourth-order valence-corrected chi connectivity index (χ4v) is 3.47. The van der Waals surface area contributed by atoms with Crippen LogP contribution in [0.2, 0.25) is 0 Å². The Kier molecular flexibility index (Phi) is 7.26. The van der Waals surface area contributed by atoms with Gasteiger partial charge >= 0.3 is 6.09 Å². The minimum atomic E-state index is -1.69. The van der Waals surface area contributed by atoms with E-state index in [4.69, 9.17) is 39.5 Å². The summed E-state index contributed by atoms with van der Waals surface area (Å²) < 4.78 is 3.24. The van der Waals surface area contributed by atoms with E-state index in [9.17, 15) is 9.59 Å². The van der Waals surface area contributed by atoms with Crippen molar-refractivity contribution in [1.82, 2.24) is 9.97 Å². The molecule has 0 aliphatic heterocycles. The Morgan fingerprint density at radius 2 is 1.79 bits per heavy atom. The first-order valence-corrected chi connectivity index (χ1v) is 11.7. The number of alkyl halides is 3. The fourth-order valence-electron chi connectivity index (χ4n) is 3.31. The van der Waals surface area contributed by atoms with Crippen molar-refractivity contribution in [2.75, 3.05) is 17.2 Å². The molecule has 1 saturated carbocycles. The number of carbonyl (C=O) groups excluding carboxylic acids is 2. The minimum Gasteiger partial charge on any atom is -0.445 e. The predicted molar refractivity (Wildman–Crippen MR) is 134 cm³/mol. The molecule has 3 aromatic rings. The van der Waals surface area contributed by atoms with Gasteiger partial charge in [-0.25, -0.2) is 9.78 Å². The summed E-state index contributed by atoms with van der Waals surface area (Å²) in [6, 6.07) is 11.1. The monoisotopic (exact) mass is 518 g/mol. The molecule has 4 rings (SSSR count). The fraction of sp³-hybridized carbons (Fsp3) is 0.250. The second kappa shape index (κ2) is 10.2. The zero-order valence-corrected chi connectivity index (χ0v) is 20.4. The molecular formula is C24H21Cl3N4O3. The van der Waals surface area contributed by atoms with E-state index >= 15 is 0 Å². The van der Waals surface area contributed by atoms with Crippen LogP contribution in [0, 0.1) is 12.8 Å². The summed E-state index contributed by atoms with van der Waals surface area (Å²) in [5.74, 6) is 0.610. The van der Waals surface area contributed by atoms with E-state index in [0.717, 1.165) is 40.7 Å². The van der Waals surface area contributed by atoms with Gasteiger partial charge in [-0.05, 0) is 66.8 Å². The second-order valence-electron chi connectivity index (χ2n) is 8.00. The molecule has 176 valence electrons. The number of halogens is 3. The number of rotatable bonds is 6. The molecule has 2 aromatic heterocycles. The van der Waals surface area contributed by atoms with Gasteiger partial charge in [-0.2, -0.15) is 0 Å². The Hall–Kier alpha value is -2.87. The van der Waals surface area contributed by atoms with Crippen LogP contribution in [-0.4, -0.2) is 32.4 Å². The Morgan fingerprint density at radius 1 is 1.03 bits per heavy atom. The Labute approximate surface area is 211 Å². The quantitative estimate of drug-likeness (QED) is 0.368. The standard InChI is InChI=1S/C24H21Cl3N4O3/c1-14-2-5-19(30-23(33)34-13-24(25,26)27)10-20(14)18-8-17(11-28-12-18)16-6-7-29-21(9-16)31-22(32)15-3-4-15/h2,5-12,15H,3-4,13H2,1H3,(H,30,33)(H,29,31,32). The molecular weight excluding hydrogens is 499 g/mol. The molecule has 0 saturated heterocycles. The molecule has 0 bridgehead atoms. The van der Waals surface area contributed by atoms with Crippen molar-refractivity contribution in [3.05, 3.63) is 60.6 Å². The molecule has 2 heterocycles. The van der Waals surface area contributed by atoms with Gasteiger partial charge in [0.1, 0.15) is 12.4 Å². The summed E-state index contributed by atoms with van der Waals surface area (Å²) in [7, 11) is 0. The summed E-state index contributed by atoms with van der Waals surface area (Å²) in [6.45, 7) is 1.59. The highest BCUT2D eigenvalue weighted by Crippen LogP contribution is 2.32. The lowest BCUT2D eigenvalue weighted by Crippen LogP contribution is -2.21. The number of nitrogens with one attached hydrogen (secondary N) is 2. The van der Waals surface area contributed by atoms with Crippen LogP contribution in [0.25, 0.3) is 22.3 Å². The van der Waals surface area contributed by atoms with E-state index in [-0.39, 0.29) is 18.4 Å². The summed E-state index contributed by atoms with van der Waals surface area (Å²) in [6.07, 6.45) is 6.27. The molecule has 1 aliphatic rings. The first kappa shape index (κ1) is 24.3. The van der Waals surface area contributed by atoms with Crippen molar-refractivity contribution < 1.29 is 14.3 Å². The van der Waals surface area contributed by atoms with E-state index in [2.05, 4.69) is 20.6 Å². The Bertz CT molecular complexity index is 1230. The van der Waals surface area contributed by atoms with Gasteiger partial charge in [0.25, 0.3) is 0 Å². The number of aromatic nitrogens is 2. The number of benzene rings is 1. The van der Waals surface area contributed by atoms with Gasteiger partial charge in [0.15, 0.2) is 0 Å². The summed E-state index contributed by atoms with van der Waals surface area (Å²) in [5.41, 5.74) is 4.98. The number of hydrogen-bond donors (Lipinski definition) is 2. The zero-order chi connectivity index (χ0) is 24.3. The van der Waals surface area contributed by atoms with Gasteiger partial charge in [-0.3, -0.25) is 15.1 Å². The molecule has 7 nitrogen and oxygen atoms in total. The van der Waals surface area contributed by atoms with Gasteiger partial charge in [-0.1, -0.05) is 40.9 Å². The first-order chi connectivity index (χ1) is 16.2. The van der Waals surface area contributed by atoms with Gasteiger partial charge in [0, 0.05) is 41.3 Å². The molecule has 34 heavy (non-hydrogen) atoms. The van der Waals surface area contributed by atoms with E-state index in [1.54, 1.807) is 24.7 Å². The lowest BCUT2D eigenvalue weighted by atomic mass is 9.98. The number of pyridine rings is 2. The average molecular weight is 520 g/mol. The second-order valence-corrected chi connectivity index (χ2v) is 10.5. The number of carbonyl (C=O) groups is 2. The maximum absolute atomic E-state index is 12.1. The van der Waals surface area contributed by atoms with Crippen molar-refractivity contribution in [2.45, 2.75) is 23.6 Å². The van der Waals surface area contributed by atoms with E-state index < -0.39 is 9.89 Å². The maximum Gasteiger partial charge on any atom is 0.411 e. The molecule has 10 heteroatoms. The SMILES string of the molecule is Cc1ccc(NC(=O)OCC(Cl)(Cl)Cl)cc1-c1cncc(-c2ccnc(NC(=O)C3CC3)c2)c1. The Morgan fingerprint density at radius 3 is 2.53 bits per heavy atom. The molecule has 0 radical (unpaired) electrons. The van der Waals surface area contributed by atoms with E-state index in [1.807, 2.05) is 37.3 Å². The number of ether oxygens (including phenoxy) is 1. The van der Waals surface area contributed by atoms with Gasteiger partial charge < -0.3 is 10.1 Å². The molecule has 0 atom stereocenters. The Balaban J connectivity index is 1.54. The first-order valence-electron chi connectivity index (χ1n) is 10.5. The van der Waals surface area contributed by atoms with Crippen LogP contribution >= 0.6 is 34.8 Å². The lowest BCUT2D eigenvalue weighted by Gasteiger charge is -2.14. The van der Waals surface area contributed by atoms with Crippen molar-refractivity contribution >= 4 is 58.3 Å². The van der Waals surface area contributed by atoms with Crippen LogP contribution in [-0.2, 0) is 9.53 Å². The van der Waals surface area contributed by atoms with Gasteiger partial charge in [-0.15, -0.1) is 0 Å². The van der Waals surface area contributed by atoms with Crippen molar-refractivity contribution in [1.29, 1.82) is 0 Å². The molecule has 1 fully saturated rings. The van der Waals surface area contributed by atoms with Gasteiger partial charge in [0.05, 0.1) is 0 Å². The molecule has 0 spiro atoms. The smallest absolute Gasteiger partial charge is 0.411 e. The molecule has 1 aromatic carbocycles. The highest BCUT2D eigenvalue weighted by molar-refractivity contribution is 6.67. The van der Waals surface area contributed by atoms with Crippen molar-refractivity contribution in [3.63, 3.8) is 0 Å². The number of nitrogens with zero attached hydrogens (tertiary/aromatic N) is 2. The minimum absolute atomic E-state index is 0.00354. The van der Waals surface area contributed by atoms with E-state index in [1.165, 1.54) is 0 Å². The van der Waals surface area contributed by atoms with E-state index in [0.29, 0.717) is 11.5 Å². The largest absolute Gasteiger partial charge is 0.445 e. The van der Waals surface area contributed by atoms with Crippen LogP contribution in [0.4, 0.5) is 16.3 Å². The molecule has 2 N–H and O–H groups in total. The normalized spacial score (nSPS) is 13.3. The topological polar surface area (TPSA) is 93.2 Å². The van der Waals surface area contributed by atoms with Crippen molar-refractivity contribution in [3.8, 4) is 22.3 Å². The highest BCUT2D eigenvalue weighted by atomic mass is 35.6. The van der Waals surface area contributed by atoms with Crippen molar-refractivity contribution in [2.24, 2.45) is 5.92 Å². The third-order valence-electron chi connectivity index (χ3n) is 5.19. The molecule has 1 aliphatic carbocycles. The van der Waals surface area contributed by atoms with Gasteiger partial charge in [0.2, 0.25) is 9.70 Å². The summed E-state index contributed by atoms with van der Waals surface area (Å²) >= 11 is 16.9. The number of aryl methyl sites for hydroxylation is 1. The van der Waals surface area contributed by atoms with Crippen LogP contribution in [0.5, 0.6) is 0 Å². The van der Waals surface area contributed by atoms with Crippen LogP contribution in [0.1, 0.15) is 18.4 Å². The maximum atomic E-state index is 12.1. The third kappa shape index (κ3) is 6.59.